The van der Waals surface area contributed by atoms with Crippen LogP contribution in [0.1, 0.15) is 34.6 Å². The molecule has 1 atom stereocenters. The quantitative estimate of drug-likeness (QED) is 0.623. The molecule has 0 N–H and O–H groups in total. The van der Waals surface area contributed by atoms with Crippen LogP contribution in [0.5, 0.6) is 5.75 Å². The number of carbonyl (C=O) groups excluding carboxylic acids is 1. The number of amides is 1. The monoisotopic (exact) mass is 403 g/mol. The minimum Gasteiger partial charge on any atom is -0.497 e. The number of ether oxygens (including phenoxy) is 1. The fourth-order valence-corrected chi connectivity index (χ4v) is 4.11. The van der Waals surface area contributed by atoms with Gasteiger partial charge < -0.3 is 14.2 Å². The molecule has 2 aromatic carbocycles. The standard InChI is InChI=1S/C25H29N3O2/c1-20(22-10-6-11-23(18-22)30-2)26-14-16-27(17-15-26)25(29)24-12-7-13-28(24)19-21-8-4-3-5-9-21/h3-13,18,20H,14-17,19H2,1-2H3. The Balaban J connectivity index is 1.38. The Morgan fingerprint density at radius 1 is 0.967 bits per heavy atom. The largest absolute Gasteiger partial charge is 0.497 e. The summed E-state index contributed by atoms with van der Waals surface area (Å²) in [4.78, 5) is 17.6. The second kappa shape index (κ2) is 9.18. The lowest BCUT2D eigenvalue weighted by Gasteiger charge is -2.38. The van der Waals surface area contributed by atoms with Crippen molar-refractivity contribution in [2.24, 2.45) is 0 Å². The molecule has 1 unspecified atom stereocenters. The highest BCUT2D eigenvalue weighted by molar-refractivity contribution is 5.92. The van der Waals surface area contributed by atoms with E-state index in [0.717, 1.165) is 37.6 Å². The topological polar surface area (TPSA) is 37.7 Å². The number of benzene rings is 2. The van der Waals surface area contributed by atoms with E-state index in [1.807, 2.05) is 58.1 Å². The van der Waals surface area contributed by atoms with Crippen LogP contribution in [-0.2, 0) is 6.54 Å². The molecule has 156 valence electrons. The zero-order chi connectivity index (χ0) is 20.9. The summed E-state index contributed by atoms with van der Waals surface area (Å²) in [7, 11) is 1.70. The maximum atomic E-state index is 13.2. The third-order valence-electron chi connectivity index (χ3n) is 5.97. The van der Waals surface area contributed by atoms with E-state index in [-0.39, 0.29) is 5.91 Å². The highest BCUT2D eigenvalue weighted by atomic mass is 16.5. The summed E-state index contributed by atoms with van der Waals surface area (Å²) in [6.45, 7) is 6.14. The minimum absolute atomic E-state index is 0.115. The highest BCUT2D eigenvalue weighted by Gasteiger charge is 2.26. The van der Waals surface area contributed by atoms with E-state index in [4.69, 9.17) is 4.74 Å². The van der Waals surface area contributed by atoms with Crippen LogP contribution in [0.25, 0.3) is 0 Å². The number of nitrogens with zero attached hydrogens (tertiary/aromatic N) is 3. The molecule has 2 heterocycles. The van der Waals surface area contributed by atoms with Gasteiger partial charge in [-0.15, -0.1) is 0 Å². The van der Waals surface area contributed by atoms with Crippen molar-refractivity contribution in [1.82, 2.24) is 14.4 Å². The Hall–Kier alpha value is -3.05. The average molecular weight is 404 g/mol. The van der Waals surface area contributed by atoms with E-state index in [2.05, 4.69) is 36.1 Å². The maximum absolute atomic E-state index is 13.2. The van der Waals surface area contributed by atoms with Gasteiger partial charge in [0.2, 0.25) is 0 Å². The molecule has 1 saturated heterocycles. The zero-order valence-corrected chi connectivity index (χ0v) is 17.7. The third-order valence-corrected chi connectivity index (χ3v) is 5.97. The number of hydrogen-bond donors (Lipinski definition) is 0. The van der Waals surface area contributed by atoms with Crippen molar-refractivity contribution in [2.75, 3.05) is 33.3 Å². The number of piperazine rings is 1. The lowest BCUT2D eigenvalue weighted by atomic mass is 10.1. The molecule has 1 aliphatic heterocycles. The van der Waals surface area contributed by atoms with E-state index in [9.17, 15) is 4.79 Å². The first-order valence-corrected chi connectivity index (χ1v) is 10.5. The molecule has 0 aliphatic carbocycles. The molecule has 0 radical (unpaired) electrons. The molecule has 4 rings (SSSR count). The van der Waals surface area contributed by atoms with Gasteiger partial charge in [-0.3, -0.25) is 9.69 Å². The molecule has 0 bridgehead atoms. The summed E-state index contributed by atoms with van der Waals surface area (Å²) in [6, 6.07) is 22.7. The van der Waals surface area contributed by atoms with Crippen molar-refractivity contribution in [3.05, 3.63) is 89.7 Å². The van der Waals surface area contributed by atoms with Crippen molar-refractivity contribution in [3.8, 4) is 5.75 Å². The number of aromatic nitrogens is 1. The summed E-state index contributed by atoms with van der Waals surface area (Å²) >= 11 is 0. The van der Waals surface area contributed by atoms with Crippen LogP contribution in [-0.4, -0.2) is 53.6 Å². The Kier molecular flexibility index (Phi) is 6.19. The number of carbonyl (C=O) groups is 1. The van der Waals surface area contributed by atoms with Gasteiger partial charge in [-0.1, -0.05) is 42.5 Å². The lowest BCUT2D eigenvalue weighted by molar-refractivity contribution is 0.0572. The van der Waals surface area contributed by atoms with E-state index < -0.39 is 0 Å². The molecule has 1 fully saturated rings. The second-order valence-electron chi connectivity index (χ2n) is 7.79. The molecule has 3 aromatic rings. The van der Waals surface area contributed by atoms with Crippen LogP contribution >= 0.6 is 0 Å². The molecule has 1 amide bonds. The van der Waals surface area contributed by atoms with Gasteiger partial charge in [0.25, 0.3) is 5.91 Å². The van der Waals surface area contributed by atoms with Crippen molar-refractivity contribution in [2.45, 2.75) is 19.5 Å². The smallest absolute Gasteiger partial charge is 0.270 e. The lowest BCUT2D eigenvalue weighted by Crippen LogP contribution is -2.49. The van der Waals surface area contributed by atoms with Crippen molar-refractivity contribution < 1.29 is 9.53 Å². The van der Waals surface area contributed by atoms with Crippen molar-refractivity contribution >= 4 is 5.91 Å². The van der Waals surface area contributed by atoms with Crippen LogP contribution in [0.15, 0.2) is 72.9 Å². The van der Waals surface area contributed by atoms with Crippen LogP contribution in [0.4, 0.5) is 0 Å². The highest BCUT2D eigenvalue weighted by Crippen LogP contribution is 2.25. The fraction of sp³-hybridized carbons (Fsp3) is 0.320. The number of rotatable bonds is 6. The van der Waals surface area contributed by atoms with E-state index >= 15 is 0 Å². The van der Waals surface area contributed by atoms with Crippen molar-refractivity contribution in [3.63, 3.8) is 0 Å². The zero-order valence-electron chi connectivity index (χ0n) is 17.7. The first-order chi connectivity index (χ1) is 14.7. The number of hydrogen-bond acceptors (Lipinski definition) is 3. The average Bonchev–Trinajstić information content (AvgIpc) is 3.27. The third kappa shape index (κ3) is 4.41. The molecule has 1 aliphatic rings. The van der Waals surface area contributed by atoms with Crippen LogP contribution in [0.2, 0.25) is 0 Å². The Morgan fingerprint density at radius 2 is 1.73 bits per heavy atom. The van der Waals surface area contributed by atoms with E-state index in [0.29, 0.717) is 12.6 Å². The van der Waals surface area contributed by atoms with E-state index in [1.165, 1.54) is 11.1 Å². The van der Waals surface area contributed by atoms with Gasteiger partial charge in [-0.05, 0) is 42.3 Å². The van der Waals surface area contributed by atoms with Crippen LogP contribution in [0.3, 0.4) is 0 Å². The summed E-state index contributed by atoms with van der Waals surface area (Å²) in [6.07, 6.45) is 1.99. The Bertz CT molecular complexity index is 975. The normalized spacial score (nSPS) is 15.7. The minimum atomic E-state index is 0.115. The predicted molar refractivity (Wildman–Crippen MR) is 119 cm³/mol. The molecule has 0 spiro atoms. The van der Waals surface area contributed by atoms with Gasteiger partial charge in [0.1, 0.15) is 11.4 Å². The van der Waals surface area contributed by atoms with Gasteiger partial charge in [0, 0.05) is 45.0 Å². The molecule has 0 saturated carbocycles. The Labute approximate surface area is 178 Å². The van der Waals surface area contributed by atoms with Crippen LogP contribution < -0.4 is 4.74 Å². The van der Waals surface area contributed by atoms with Gasteiger partial charge in [-0.25, -0.2) is 0 Å². The summed E-state index contributed by atoms with van der Waals surface area (Å²) < 4.78 is 7.41. The Morgan fingerprint density at radius 3 is 2.47 bits per heavy atom. The molecular formula is C25H29N3O2. The predicted octanol–water partition coefficient (Wildman–Crippen LogP) is 4.06. The summed E-state index contributed by atoms with van der Waals surface area (Å²) in [5.74, 6) is 0.997. The second-order valence-corrected chi connectivity index (χ2v) is 7.79. The van der Waals surface area contributed by atoms with Gasteiger partial charge >= 0.3 is 0 Å². The SMILES string of the molecule is COc1cccc(C(C)N2CCN(C(=O)c3cccn3Cc3ccccc3)CC2)c1. The maximum Gasteiger partial charge on any atom is 0.270 e. The molecule has 5 heteroatoms. The van der Waals surface area contributed by atoms with Gasteiger partial charge in [0.15, 0.2) is 0 Å². The van der Waals surface area contributed by atoms with Gasteiger partial charge in [0.05, 0.1) is 7.11 Å². The number of methoxy groups -OCH3 is 1. The molecule has 5 nitrogen and oxygen atoms in total. The van der Waals surface area contributed by atoms with E-state index in [1.54, 1.807) is 7.11 Å². The first kappa shape index (κ1) is 20.2. The van der Waals surface area contributed by atoms with Crippen LogP contribution in [0, 0.1) is 0 Å². The summed E-state index contributed by atoms with van der Waals surface area (Å²) in [5.41, 5.74) is 3.19. The first-order valence-electron chi connectivity index (χ1n) is 10.5. The molecular weight excluding hydrogens is 374 g/mol. The van der Waals surface area contributed by atoms with Crippen molar-refractivity contribution in [1.29, 1.82) is 0 Å². The molecule has 30 heavy (non-hydrogen) atoms. The fourth-order valence-electron chi connectivity index (χ4n) is 4.11. The summed E-state index contributed by atoms with van der Waals surface area (Å²) in [5, 5.41) is 0. The van der Waals surface area contributed by atoms with Gasteiger partial charge in [-0.2, -0.15) is 0 Å². The molecule has 1 aromatic heterocycles.